The molecule has 0 aromatic carbocycles. The van der Waals surface area contributed by atoms with Crippen LogP contribution in [0.5, 0.6) is 0 Å². The average molecular weight is 220 g/mol. The Hall–Kier alpha value is -0.520. The largest absolute Gasteiger partial charge is 0.0882 e. The van der Waals surface area contributed by atoms with Crippen LogP contribution in [0.25, 0.3) is 0 Å². The Balaban J connectivity index is 2.15. The van der Waals surface area contributed by atoms with Crippen molar-refractivity contribution < 1.29 is 0 Å². The fourth-order valence-corrected chi connectivity index (χ4v) is 2.27. The van der Waals surface area contributed by atoms with Crippen molar-refractivity contribution >= 4 is 0 Å². The van der Waals surface area contributed by atoms with Crippen LogP contribution in [0.1, 0.15) is 77.0 Å². The van der Waals surface area contributed by atoms with Gasteiger partial charge in [0.2, 0.25) is 0 Å². The molecule has 0 nitrogen and oxygen atoms in total. The molecule has 0 bridgehead atoms. The number of allylic oxidation sites excluding steroid dienone is 4. The average Bonchev–Trinajstić information content (AvgIpc) is 2.29. The van der Waals surface area contributed by atoms with Gasteiger partial charge < -0.3 is 0 Å². The maximum atomic E-state index is 2.36. The Morgan fingerprint density at radius 2 is 0.750 bits per heavy atom. The Morgan fingerprint density at radius 1 is 0.375 bits per heavy atom. The lowest BCUT2D eigenvalue weighted by Gasteiger charge is -2.01. The summed E-state index contributed by atoms with van der Waals surface area (Å²) < 4.78 is 0. The lowest BCUT2D eigenvalue weighted by Crippen LogP contribution is -1.82. The van der Waals surface area contributed by atoms with Gasteiger partial charge in [0.15, 0.2) is 0 Å². The molecule has 0 N–H and O–H groups in total. The number of rotatable bonds is 0. The molecule has 16 heavy (non-hydrogen) atoms. The van der Waals surface area contributed by atoms with E-state index in [0.29, 0.717) is 0 Å². The molecule has 0 heterocycles. The molecule has 0 unspecified atom stereocenters. The van der Waals surface area contributed by atoms with Gasteiger partial charge in [0.25, 0.3) is 0 Å². The maximum Gasteiger partial charge on any atom is -0.0169 e. The van der Waals surface area contributed by atoms with Gasteiger partial charge in [-0.3, -0.25) is 0 Å². The van der Waals surface area contributed by atoms with Gasteiger partial charge in [-0.2, -0.15) is 0 Å². The predicted octanol–water partition coefficient (Wildman–Crippen LogP) is 5.79. The van der Waals surface area contributed by atoms with Crippen molar-refractivity contribution in [2.24, 2.45) is 0 Å². The van der Waals surface area contributed by atoms with Crippen molar-refractivity contribution in [3.8, 4) is 0 Å². The fourth-order valence-electron chi connectivity index (χ4n) is 2.27. The molecule has 0 aliphatic heterocycles. The molecule has 92 valence electrons. The molecular formula is C16H28. The zero-order valence-corrected chi connectivity index (χ0v) is 10.8. The third kappa shape index (κ3) is 8.76. The summed E-state index contributed by atoms with van der Waals surface area (Å²) >= 11 is 0. The first-order chi connectivity index (χ1) is 8.00. The smallest absolute Gasteiger partial charge is 0.0169 e. The number of hydrogen-bond donors (Lipinski definition) is 0. The molecule has 0 aromatic rings. The van der Waals surface area contributed by atoms with E-state index in [4.69, 9.17) is 0 Å². The highest BCUT2D eigenvalue weighted by atomic mass is 14.0. The molecule has 1 rings (SSSR count). The van der Waals surface area contributed by atoms with Crippen LogP contribution in [0.2, 0.25) is 0 Å². The summed E-state index contributed by atoms with van der Waals surface area (Å²) in [4.78, 5) is 0. The van der Waals surface area contributed by atoms with Crippen molar-refractivity contribution in [2.75, 3.05) is 0 Å². The lowest BCUT2D eigenvalue weighted by atomic mass is 10.0. The van der Waals surface area contributed by atoms with E-state index in [1.165, 1.54) is 70.6 Å². The fraction of sp³-hybridized carbons (Fsp3) is 0.750. The van der Waals surface area contributed by atoms with Gasteiger partial charge in [-0.25, -0.2) is 0 Å². The van der Waals surface area contributed by atoms with Gasteiger partial charge >= 0.3 is 0 Å². The second-order valence-corrected chi connectivity index (χ2v) is 4.94. The van der Waals surface area contributed by atoms with Gasteiger partial charge in [0.05, 0.1) is 0 Å². The minimum absolute atomic E-state index is 1.14. The van der Waals surface area contributed by atoms with Gasteiger partial charge in [0.1, 0.15) is 0 Å². The maximum absolute atomic E-state index is 2.36. The Bertz CT molecular complexity index is 168. The van der Waals surface area contributed by atoms with Crippen molar-refractivity contribution in [2.45, 2.75) is 77.0 Å². The number of hydrogen-bond acceptors (Lipinski definition) is 0. The second kappa shape index (κ2) is 11.0. The molecule has 0 spiro atoms. The standard InChI is InChI=1S/C16H28/c1-2-4-6-8-10-12-14-16-15-13-11-9-7-5-3-1/h1-2,5,7H,3-4,6,8-16H2. The first kappa shape index (κ1) is 13.5. The molecule has 0 saturated heterocycles. The van der Waals surface area contributed by atoms with Crippen LogP contribution in [0.4, 0.5) is 0 Å². The van der Waals surface area contributed by atoms with Crippen molar-refractivity contribution in [1.29, 1.82) is 0 Å². The van der Waals surface area contributed by atoms with Gasteiger partial charge in [-0.1, -0.05) is 69.2 Å². The van der Waals surface area contributed by atoms with Crippen molar-refractivity contribution in [3.63, 3.8) is 0 Å². The Kier molecular flexibility index (Phi) is 9.30. The Morgan fingerprint density at radius 3 is 1.19 bits per heavy atom. The van der Waals surface area contributed by atoms with E-state index in [1.54, 1.807) is 0 Å². The molecule has 0 radical (unpaired) electrons. The zero-order chi connectivity index (χ0) is 11.3. The molecule has 0 amide bonds. The summed E-state index contributed by atoms with van der Waals surface area (Å²) in [6.07, 6.45) is 26.0. The summed E-state index contributed by atoms with van der Waals surface area (Å²) in [7, 11) is 0. The SMILES string of the molecule is C1=CCCCCCCCCCCCC=CC1. The molecule has 0 atom stereocenters. The summed E-state index contributed by atoms with van der Waals surface area (Å²) in [6, 6.07) is 0. The van der Waals surface area contributed by atoms with E-state index in [0.717, 1.165) is 6.42 Å². The van der Waals surface area contributed by atoms with Crippen molar-refractivity contribution in [1.82, 2.24) is 0 Å². The van der Waals surface area contributed by atoms with E-state index in [1.807, 2.05) is 0 Å². The zero-order valence-electron chi connectivity index (χ0n) is 10.8. The first-order valence-electron chi connectivity index (χ1n) is 7.30. The minimum atomic E-state index is 1.14. The molecular weight excluding hydrogens is 192 g/mol. The summed E-state index contributed by atoms with van der Waals surface area (Å²) in [6.45, 7) is 0. The summed E-state index contributed by atoms with van der Waals surface area (Å²) in [5.41, 5.74) is 0. The second-order valence-electron chi connectivity index (χ2n) is 4.94. The van der Waals surface area contributed by atoms with E-state index >= 15 is 0 Å². The van der Waals surface area contributed by atoms with Gasteiger partial charge in [-0.15, -0.1) is 0 Å². The van der Waals surface area contributed by atoms with Gasteiger partial charge in [0, 0.05) is 0 Å². The van der Waals surface area contributed by atoms with Crippen LogP contribution in [0, 0.1) is 0 Å². The highest BCUT2D eigenvalue weighted by molar-refractivity contribution is 4.92. The lowest BCUT2D eigenvalue weighted by molar-refractivity contribution is 0.561. The van der Waals surface area contributed by atoms with E-state index in [-0.39, 0.29) is 0 Å². The van der Waals surface area contributed by atoms with Gasteiger partial charge in [-0.05, 0) is 32.1 Å². The highest BCUT2D eigenvalue weighted by Gasteiger charge is 1.92. The normalized spacial score (nSPS) is 22.0. The molecule has 1 aliphatic carbocycles. The molecule has 1 aliphatic rings. The van der Waals surface area contributed by atoms with Crippen molar-refractivity contribution in [3.05, 3.63) is 24.3 Å². The third-order valence-electron chi connectivity index (χ3n) is 3.35. The molecule has 0 heteroatoms. The molecule has 0 saturated carbocycles. The van der Waals surface area contributed by atoms with E-state index in [2.05, 4.69) is 24.3 Å². The minimum Gasteiger partial charge on any atom is -0.0882 e. The molecule has 0 fully saturated rings. The van der Waals surface area contributed by atoms with E-state index < -0.39 is 0 Å². The summed E-state index contributed by atoms with van der Waals surface area (Å²) in [5, 5.41) is 0. The van der Waals surface area contributed by atoms with Crippen LogP contribution in [-0.2, 0) is 0 Å². The highest BCUT2D eigenvalue weighted by Crippen LogP contribution is 2.12. The predicted molar refractivity (Wildman–Crippen MR) is 73.7 cm³/mol. The monoisotopic (exact) mass is 220 g/mol. The van der Waals surface area contributed by atoms with Crippen LogP contribution >= 0.6 is 0 Å². The third-order valence-corrected chi connectivity index (χ3v) is 3.35. The quantitative estimate of drug-likeness (QED) is 0.453. The Labute approximate surface area is 102 Å². The van der Waals surface area contributed by atoms with Crippen LogP contribution in [0.15, 0.2) is 24.3 Å². The van der Waals surface area contributed by atoms with E-state index in [9.17, 15) is 0 Å². The van der Waals surface area contributed by atoms with Crippen LogP contribution < -0.4 is 0 Å². The first-order valence-corrected chi connectivity index (χ1v) is 7.30. The van der Waals surface area contributed by atoms with Crippen LogP contribution in [-0.4, -0.2) is 0 Å². The van der Waals surface area contributed by atoms with Crippen LogP contribution in [0.3, 0.4) is 0 Å². The molecule has 0 aromatic heterocycles. The summed E-state index contributed by atoms with van der Waals surface area (Å²) in [5.74, 6) is 0. The topological polar surface area (TPSA) is 0 Å².